The first-order valence-electron chi connectivity index (χ1n) is 5.73. The standard InChI is InChI=1S/C12H13ClN2O2/c13-8-1-2-11-10(7-8)14-12(16)15(11)9-3-5-17-6-4-9/h1-2,7,9H,3-6H2,(H,14,16). The van der Waals surface area contributed by atoms with Crippen molar-refractivity contribution in [2.24, 2.45) is 0 Å². The van der Waals surface area contributed by atoms with E-state index in [2.05, 4.69) is 4.98 Å². The molecule has 1 fully saturated rings. The smallest absolute Gasteiger partial charge is 0.326 e. The van der Waals surface area contributed by atoms with E-state index >= 15 is 0 Å². The zero-order valence-corrected chi connectivity index (χ0v) is 10.0. The number of aromatic nitrogens is 2. The molecular formula is C12H13ClN2O2. The van der Waals surface area contributed by atoms with Crippen LogP contribution in [0.1, 0.15) is 18.9 Å². The molecule has 3 rings (SSSR count). The van der Waals surface area contributed by atoms with Crippen LogP contribution in [-0.2, 0) is 4.74 Å². The van der Waals surface area contributed by atoms with E-state index in [9.17, 15) is 4.79 Å². The Morgan fingerprint density at radius 3 is 2.88 bits per heavy atom. The van der Waals surface area contributed by atoms with Crippen molar-refractivity contribution in [3.8, 4) is 0 Å². The zero-order valence-electron chi connectivity index (χ0n) is 9.28. The number of H-pyrrole nitrogens is 1. The predicted molar refractivity (Wildman–Crippen MR) is 66.7 cm³/mol. The third-order valence-corrected chi connectivity index (χ3v) is 3.47. The predicted octanol–water partition coefficient (Wildman–Crippen LogP) is 2.33. The normalized spacial score (nSPS) is 17.7. The minimum Gasteiger partial charge on any atom is -0.381 e. The molecule has 0 radical (unpaired) electrons. The number of aromatic amines is 1. The van der Waals surface area contributed by atoms with Gasteiger partial charge in [0.2, 0.25) is 0 Å². The van der Waals surface area contributed by atoms with E-state index < -0.39 is 0 Å². The van der Waals surface area contributed by atoms with E-state index in [1.54, 1.807) is 6.07 Å². The van der Waals surface area contributed by atoms with Crippen molar-refractivity contribution in [3.63, 3.8) is 0 Å². The van der Waals surface area contributed by atoms with E-state index in [1.807, 2.05) is 16.7 Å². The summed E-state index contributed by atoms with van der Waals surface area (Å²) in [5, 5.41) is 0.637. The van der Waals surface area contributed by atoms with Crippen LogP contribution in [0.3, 0.4) is 0 Å². The van der Waals surface area contributed by atoms with Gasteiger partial charge in [-0.2, -0.15) is 0 Å². The van der Waals surface area contributed by atoms with Crippen LogP contribution in [0.2, 0.25) is 5.02 Å². The highest BCUT2D eigenvalue weighted by Gasteiger charge is 2.19. The molecule has 0 saturated carbocycles. The lowest BCUT2D eigenvalue weighted by Crippen LogP contribution is -2.27. The van der Waals surface area contributed by atoms with Gasteiger partial charge >= 0.3 is 5.69 Å². The van der Waals surface area contributed by atoms with Crippen molar-refractivity contribution in [2.75, 3.05) is 13.2 Å². The van der Waals surface area contributed by atoms with E-state index in [4.69, 9.17) is 16.3 Å². The van der Waals surface area contributed by atoms with Gasteiger partial charge in [-0.3, -0.25) is 4.57 Å². The van der Waals surface area contributed by atoms with Crippen LogP contribution >= 0.6 is 11.6 Å². The average molecular weight is 253 g/mol. The second-order valence-electron chi connectivity index (χ2n) is 4.31. The van der Waals surface area contributed by atoms with E-state index in [0.29, 0.717) is 5.02 Å². The number of benzene rings is 1. The van der Waals surface area contributed by atoms with Crippen LogP contribution < -0.4 is 5.69 Å². The molecule has 5 heteroatoms. The number of halogens is 1. The Balaban J connectivity index is 2.14. The Labute approximate surface area is 103 Å². The summed E-state index contributed by atoms with van der Waals surface area (Å²) in [6.07, 6.45) is 1.77. The Bertz CT molecular complexity index is 596. The van der Waals surface area contributed by atoms with Crippen LogP contribution in [0.15, 0.2) is 23.0 Å². The molecule has 0 atom stereocenters. The molecule has 1 N–H and O–H groups in total. The summed E-state index contributed by atoms with van der Waals surface area (Å²) in [5.41, 5.74) is 1.66. The monoisotopic (exact) mass is 252 g/mol. The van der Waals surface area contributed by atoms with Gasteiger partial charge in [0.15, 0.2) is 0 Å². The summed E-state index contributed by atoms with van der Waals surface area (Å²) < 4.78 is 7.15. The van der Waals surface area contributed by atoms with Gasteiger partial charge in [-0.1, -0.05) is 11.6 Å². The van der Waals surface area contributed by atoms with Gasteiger partial charge in [-0.15, -0.1) is 0 Å². The van der Waals surface area contributed by atoms with Crippen molar-refractivity contribution in [1.82, 2.24) is 9.55 Å². The Kier molecular flexibility index (Phi) is 2.68. The number of hydrogen-bond donors (Lipinski definition) is 1. The van der Waals surface area contributed by atoms with Gasteiger partial charge in [0, 0.05) is 24.3 Å². The molecule has 4 nitrogen and oxygen atoms in total. The number of nitrogens with one attached hydrogen (secondary N) is 1. The first-order valence-corrected chi connectivity index (χ1v) is 6.11. The second-order valence-corrected chi connectivity index (χ2v) is 4.74. The first-order chi connectivity index (χ1) is 8.25. The lowest BCUT2D eigenvalue weighted by Gasteiger charge is -2.23. The molecule has 1 aromatic heterocycles. The molecule has 1 aliphatic heterocycles. The maximum atomic E-state index is 12.0. The maximum Gasteiger partial charge on any atom is 0.326 e. The summed E-state index contributed by atoms with van der Waals surface area (Å²) in [4.78, 5) is 14.8. The van der Waals surface area contributed by atoms with Crippen LogP contribution in [0, 0.1) is 0 Å². The minimum absolute atomic E-state index is 0.0610. The van der Waals surface area contributed by atoms with Crippen LogP contribution in [-0.4, -0.2) is 22.8 Å². The quantitative estimate of drug-likeness (QED) is 0.847. The summed E-state index contributed by atoms with van der Waals surface area (Å²) >= 11 is 5.91. The minimum atomic E-state index is -0.0610. The lowest BCUT2D eigenvalue weighted by atomic mass is 10.1. The fourth-order valence-electron chi connectivity index (χ4n) is 2.41. The fourth-order valence-corrected chi connectivity index (χ4v) is 2.58. The van der Waals surface area contributed by atoms with Crippen molar-refractivity contribution in [2.45, 2.75) is 18.9 Å². The van der Waals surface area contributed by atoms with Gasteiger partial charge < -0.3 is 9.72 Å². The zero-order chi connectivity index (χ0) is 11.8. The molecule has 0 aliphatic carbocycles. The SMILES string of the molecule is O=c1[nH]c2cc(Cl)ccc2n1C1CCOCC1. The summed E-state index contributed by atoms with van der Waals surface area (Å²) in [6.45, 7) is 1.44. The molecule has 2 heterocycles. The van der Waals surface area contributed by atoms with Gasteiger partial charge in [0.05, 0.1) is 11.0 Å². The number of nitrogens with zero attached hydrogens (tertiary/aromatic N) is 1. The van der Waals surface area contributed by atoms with Crippen molar-refractivity contribution in [3.05, 3.63) is 33.7 Å². The van der Waals surface area contributed by atoms with Gasteiger partial charge in [0.25, 0.3) is 0 Å². The number of imidazole rings is 1. The fraction of sp³-hybridized carbons (Fsp3) is 0.417. The summed E-state index contributed by atoms with van der Waals surface area (Å²) in [7, 11) is 0. The summed E-state index contributed by atoms with van der Waals surface area (Å²) in [6, 6.07) is 5.72. The average Bonchev–Trinajstić information content (AvgIpc) is 2.65. The lowest BCUT2D eigenvalue weighted by molar-refractivity contribution is 0.0698. The van der Waals surface area contributed by atoms with Crippen molar-refractivity contribution in [1.29, 1.82) is 0 Å². The van der Waals surface area contributed by atoms with E-state index in [-0.39, 0.29) is 11.7 Å². The molecule has 17 heavy (non-hydrogen) atoms. The molecule has 0 unspecified atom stereocenters. The van der Waals surface area contributed by atoms with Crippen LogP contribution in [0.25, 0.3) is 11.0 Å². The third-order valence-electron chi connectivity index (χ3n) is 3.23. The second kappa shape index (κ2) is 4.20. The molecular weight excluding hydrogens is 240 g/mol. The van der Waals surface area contributed by atoms with Crippen LogP contribution in [0.4, 0.5) is 0 Å². The maximum absolute atomic E-state index is 12.0. The number of ether oxygens (including phenoxy) is 1. The summed E-state index contributed by atoms with van der Waals surface area (Å²) in [5.74, 6) is 0. The van der Waals surface area contributed by atoms with E-state index in [1.165, 1.54) is 0 Å². The Morgan fingerprint density at radius 2 is 2.12 bits per heavy atom. The Morgan fingerprint density at radius 1 is 1.35 bits per heavy atom. The number of fused-ring (bicyclic) bond motifs is 1. The molecule has 2 aromatic rings. The molecule has 1 saturated heterocycles. The largest absolute Gasteiger partial charge is 0.381 e. The first kappa shape index (κ1) is 10.9. The van der Waals surface area contributed by atoms with Gasteiger partial charge in [0.1, 0.15) is 0 Å². The van der Waals surface area contributed by atoms with Gasteiger partial charge in [-0.05, 0) is 31.0 Å². The van der Waals surface area contributed by atoms with Crippen molar-refractivity contribution < 1.29 is 4.74 Å². The number of hydrogen-bond acceptors (Lipinski definition) is 2. The van der Waals surface area contributed by atoms with E-state index in [0.717, 1.165) is 37.1 Å². The molecule has 0 amide bonds. The molecule has 0 spiro atoms. The van der Waals surface area contributed by atoms with Gasteiger partial charge in [-0.25, -0.2) is 4.79 Å². The number of rotatable bonds is 1. The topological polar surface area (TPSA) is 47.0 Å². The molecule has 90 valence electrons. The molecule has 1 aliphatic rings. The van der Waals surface area contributed by atoms with Crippen LogP contribution in [0.5, 0.6) is 0 Å². The third kappa shape index (κ3) is 1.87. The highest BCUT2D eigenvalue weighted by atomic mass is 35.5. The highest BCUT2D eigenvalue weighted by molar-refractivity contribution is 6.31. The van der Waals surface area contributed by atoms with Crippen molar-refractivity contribution >= 4 is 22.6 Å². The highest BCUT2D eigenvalue weighted by Crippen LogP contribution is 2.24. The molecule has 0 bridgehead atoms. The molecule has 1 aromatic carbocycles. The Hall–Kier alpha value is -1.26.